The van der Waals surface area contributed by atoms with E-state index in [1.807, 2.05) is 37.4 Å². The molecule has 0 saturated carbocycles. The van der Waals surface area contributed by atoms with Gasteiger partial charge in [-0.2, -0.15) is 0 Å². The summed E-state index contributed by atoms with van der Waals surface area (Å²) >= 11 is 0. The molecule has 5 nitrogen and oxygen atoms in total. The molecular weight excluding hydrogens is 304 g/mol. The van der Waals surface area contributed by atoms with Crippen LogP contribution in [0.3, 0.4) is 0 Å². The molecule has 3 rings (SSSR count). The van der Waals surface area contributed by atoms with Crippen LogP contribution in [-0.2, 0) is 16.1 Å². The first kappa shape index (κ1) is 16.2. The quantitative estimate of drug-likeness (QED) is 0.836. The standard InChI is InChI=1S/C19H20N2O3/c1-20(13-14-7-4-3-5-8-14)17-12-18(22)21(19(17)23)15-9-6-10-16(11-15)24-2/h3-11,17H,12-13H2,1-2H3/p+1/t17-/m0/s1. The number of nitrogens with one attached hydrogen (secondary N) is 1. The van der Waals surface area contributed by atoms with Gasteiger partial charge in [0.05, 0.1) is 26.3 Å². The number of hydrogen-bond acceptors (Lipinski definition) is 3. The summed E-state index contributed by atoms with van der Waals surface area (Å²) in [7, 11) is 3.52. The average molecular weight is 325 g/mol. The van der Waals surface area contributed by atoms with Crippen LogP contribution >= 0.6 is 0 Å². The molecule has 1 heterocycles. The zero-order chi connectivity index (χ0) is 17.1. The van der Waals surface area contributed by atoms with E-state index in [2.05, 4.69) is 0 Å². The number of carbonyl (C=O) groups excluding carboxylic acids is 2. The van der Waals surface area contributed by atoms with E-state index in [0.29, 0.717) is 18.0 Å². The van der Waals surface area contributed by atoms with Gasteiger partial charge >= 0.3 is 0 Å². The van der Waals surface area contributed by atoms with E-state index in [0.717, 1.165) is 10.5 Å². The number of hydrogen-bond donors (Lipinski definition) is 1. The Bertz CT molecular complexity index is 745. The maximum atomic E-state index is 12.8. The molecule has 1 N–H and O–H groups in total. The largest absolute Gasteiger partial charge is 0.497 e. The van der Waals surface area contributed by atoms with Crippen molar-refractivity contribution in [2.45, 2.75) is 19.0 Å². The minimum absolute atomic E-state index is 0.151. The fourth-order valence-corrected chi connectivity index (χ4v) is 3.08. The molecule has 0 aliphatic carbocycles. The first-order valence-corrected chi connectivity index (χ1v) is 7.97. The van der Waals surface area contributed by atoms with E-state index < -0.39 is 0 Å². The summed E-state index contributed by atoms with van der Waals surface area (Å²) in [4.78, 5) is 27.5. The van der Waals surface area contributed by atoms with Crippen LogP contribution in [0.2, 0.25) is 0 Å². The molecule has 2 amide bonds. The summed E-state index contributed by atoms with van der Waals surface area (Å²) in [5.74, 6) is 0.314. The van der Waals surface area contributed by atoms with Gasteiger partial charge in [0.1, 0.15) is 12.3 Å². The Balaban J connectivity index is 1.78. The number of anilines is 1. The zero-order valence-electron chi connectivity index (χ0n) is 13.9. The van der Waals surface area contributed by atoms with Crippen molar-refractivity contribution in [1.29, 1.82) is 0 Å². The molecule has 2 aromatic carbocycles. The number of quaternary nitrogens is 1. The van der Waals surface area contributed by atoms with Gasteiger partial charge in [-0.15, -0.1) is 0 Å². The van der Waals surface area contributed by atoms with Crippen LogP contribution in [0.25, 0.3) is 0 Å². The summed E-state index contributed by atoms with van der Waals surface area (Å²) in [5, 5.41) is 0. The van der Waals surface area contributed by atoms with E-state index in [1.54, 1.807) is 31.4 Å². The number of rotatable bonds is 5. The third-order valence-corrected chi connectivity index (χ3v) is 4.38. The third kappa shape index (κ3) is 3.16. The fraction of sp³-hybridized carbons (Fsp3) is 0.263. The van der Waals surface area contributed by atoms with E-state index in [1.165, 1.54) is 4.90 Å². The fourth-order valence-electron chi connectivity index (χ4n) is 3.08. The van der Waals surface area contributed by atoms with Crippen LogP contribution in [-0.4, -0.2) is 32.0 Å². The molecule has 0 aromatic heterocycles. The summed E-state index contributed by atoms with van der Waals surface area (Å²) in [6.45, 7) is 0.705. The van der Waals surface area contributed by atoms with Gasteiger partial charge in [0.15, 0.2) is 6.04 Å². The van der Waals surface area contributed by atoms with E-state index >= 15 is 0 Å². The Labute approximate surface area is 141 Å². The minimum Gasteiger partial charge on any atom is -0.497 e. The topological polar surface area (TPSA) is 51.0 Å². The Morgan fingerprint density at radius 2 is 1.88 bits per heavy atom. The molecule has 124 valence electrons. The number of methoxy groups -OCH3 is 1. The van der Waals surface area contributed by atoms with Crippen molar-refractivity contribution in [2.24, 2.45) is 0 Å². The van der Waals surface area contributed by atoms with Crippen molar-refractivity contribution in [1.82, 2.24) is 0 Å². The van der Waals surface area contributed by atoms with Crippen LogP contribution in [0.15, 0.2) is 54.6 Å². The van der Waals surface area contributed by atoms with Crippen molar-refractivity contribution in [3.05, 3.63) is 60.2 Å². The van der Waals surface area contributed by atoms with Crippen LogP contribution in [0.1, 0.15) is 12.0 Å². The van der Waals surface area contributed by atoms with E-state index in [-0.39, 0.29) is 24.3 Å². The number of carbonyl (C=O) groups is 2. The molecule has 0 radical (unpaired) electrons. The van der Waals surface area contributed by atoms with Gasteiger partial charge in [-0.05, 0) is 12.1 Å². The van der Waals surface area contributed by atoms with Crippen LogP contribution in [0.4, 0.5) is 5.69 Å². The molecule has 1 unspecified atom stereocenters. The first-order chi connectivity index (χ1) is 11.6. The maximum Gasteiger partial charge on any atom is 0.292 e. The second kappa shape index (κ2) is 6.84. The van der Waals surface area contributed by atoms with Crippen LogP contribution in [0, 0.1) is 0 Å². The van der Waals surface area contributed by atoms with Gasteiger partial charge in [-0.1, -0.05) is 36.4 Å². The highest BCUT2D eigenvalue weighted by Crippen LogP contribution is 2.25. The summed E-state index contributed by atoms with van der Waals surface area (Å²) in [6.07, 6.45) is 0.231. The zero-order valence-corrected chi connectivity index (χ0v) is 13.9. The Morgan fingerprint density at radius 3 is 2.58 bits per heavy atom. The van der Waals surface area contributed by atoms with Gasteiger partial charge < -0.3 is 9.64 Å². The van der Waals surface area contributed by atoms with E-state index in [9.17, 15) is 9.59 Å². The van der Waals surface area contributed by atoms with Crippen molar-refractivity contribution in [3.8, 4) is 5.75 Å². The number of amides is 2. The summed E-state index contributed by atoms with van der Waals surface area (Å²) < 4.78 is 5.18. The van der Waals surface area contributed by atoms with E-state index in [4.69, 9.17) is 4.74 Å². The highest BCUT2D eigenvalue weighted by Gasteiger charge is 2.44. The SMILES string of the molecule is COc1cccc(N2C(=O)C[C@H]([NH+](C)Cc3ccccc3)C2=O)c1. The first-order valence-electron chi connectivity index (χ1n) is 7.97. The monoisotopic (exact) mass is 325 g/mol. The number of likely N-dealkylation sites (N-methyl/N-ethyl adjacent to an activating group) is 1. The average Bonchev–Trinajstić information content (AvgIpc) is 2.90. The van der Waals surface area contributed by atoms with Gasteiger partial charge in [0.2, 0.25) is 5.91 Å². The second-order valence-electron chi connectivity index (χ2n) is 6.03. The number of imide groups is 1. The molecule has 1 fully saturated rings. The molecule has 1 saturated heterocycles. The third-order valence-electron chi connectivity index (χ3n) is 4.38. The lowest BCUT2D eigenvalue weighted by atomic mass is 10.1. The molecule has 1 aliphatic heterocycles. The Morgan fingerprint density at radius 1 is 1.12 bits per heavy atom. The van der Waals surface area contributed by atoms with Crippen molar-refractivity contribution in [2.75, 3.05) is 19.1 Å². The van der Waals surface area contributed by atoms with Crippen molar-refractivity contribution < 1.29 is 19.2 Å². The van der Waals surface area contributed by atoms with Crippen LogP contribution in [0.5, 0.6) is 5.75 Å². The van der Waals surface area contributed by atoms with Gasteiger partial charge in [0.25, 0.3) is 5.91 Å². The molecule has 0 bridgehead atoms. The summed E-state index contributed by atoms with van der Waals surface area (Å²) in [6, 6.07) is 16.7. The lowest BCUT2D eigenvalue weighted by Gasteiger charge is -2.20. The number of benzene rings is 2. The van der Waals surface area contributed by atoms with Crippen LogP contribution < -0.4 is 14.5 Å². The van der Waals surface area contributed by atoms with Gasteiger partial charge in [0, 0.05) is 11.6 Å². The highest BCUT2D eigenvalue weighted by atomic mass is 16.5. The number of ether oxygens (including phenoxy) is 1. The molecule has 2 atom stereocenters. The molecule has 24 heavy (non-hydrogen) atoms. The molecule has 0 spiro atoms. The predicted octanol–water partition coefficient (Wildman–Crippen LogP) is 1.04. The van der Waals surface area contributed by atoms with Crippen molar-refractivity contribution >= 4 is 17.5 Å². The lowest BCUT2D eigenvalue weighted by Crippen LogP contribution is -3.12. The molecule has 1 aliphatic rings. The van der Waals surface area contributed by atoms with Crippen molar-refractivity contribution in [3.63, 3.8) is 0 Å². The second-order valence-corrected chi connectivity index (χ2v) is 6.03. The van der Waals surface area contributed by atoms with Gasteiger partial charge in [-0.25, -0.2) is 4.90 Å². The Hall–Kier alpha value is -2.66. The number of nitrogens with zero attached hydrogens (tertiary/aromatic N) is 1. The lowest BCUT2D eigenvalue weighted by molar-refractivity contribution is -0.908. The summed E-state index contributed by atoms with van der Waals surface area (Å²) in [5.41, 5.74) is 1.72. The predicted molar refractivity (Wildman–Crippen MR) is 90.9 cm³/mol. The maximum absolute atomic E-state index is 12.8. The molecular formula is C19H21N2O3+. The minimum atomic E-state index is -0.357. The highest BCUT2D eigenvalue weighted by molar-refractivity contribution is 6.21. The smallest absolute Gasteiger partial charge is 0.292 e. The normalized spacial score (nSPS) is 18.8. The Kier molecular flexibility index (Phi) is 4.62. The molecule has 2 aromatic rings. The van der Waals surface area contributed by atoms with Gasteiger partial charge in [-0.3, -0.25) is 9.59 Å². The molecule has 5 heteroatoms.